The van der Waals surface area contributed by atoms with Crippen LogP contribution in [0.3, 0.4) is 0 Å². The molecule has 17 heavy (non-hydrogen) atoms. The van der Waals surface area contributed by atoms with Crippen molar-refractivity contribution in [1.29, 1.82) is 0 Å². The minimum absolute atomic E-state index is 0.0719. The minimum Gasteiger partial charge on any atom is -0.490 e. The number of benzene rings is 1. The van der Waals surface area contributed by atoms with Gasteiger partial charge in [0.05, 0.1) is 12.5 Å². The highest BCUT2D eigenvalue weighted by atomic mass is 19.1. The molecule has 0 aliphatic heterocycles. The average Bonchev–Trinajstić information content (AvgIpc) is 2.27. The second-order valence-electron chi connectivity index (χ2n) is 3.92. The van der Waals surface area contributed by atoms with Crippen LogP contribution in [-0.2, 0) is 11.2 Å². The Kier molecular flexibility index (Phi) is 4.90. The molecule has 1 atom stereocenters. The molecule has 5 heteroatoms. The van der Waals surface area contributed by atoms with Gasteiger partial charge in [0, 0.05) is 0 Å². The summed E-state index contributed by atoms with van der Waals surface area (Å²) in [6.45, 7) is 2.17. The number of rotatable bonds is 6. The average molecular weight is 240 g/mol. The Morgan fingerprint density at radius 2 is 2.24 bits per heavy atom. The zero-order valence-corrected chi connectivity index (χ0v) is 9.78. The van der Waals surface area contributed by atoms with E-state index in [0.29, 0.717) is 13.0 Å². The van der Waals surface area contributed by atoms with Crippen molar-refractivity contribution in [2.24, 2.45) is 17.4 Å². The Balaban J connectivity index is 2.63. The van der Waals surface area contributed by atoms with Crippen molar-refractivity contribution >= 4 is 5.91 Å². The highest BCUT2D eigenvalue weighted by molar-refractivity contribution is 5.76. The third kappa shape index (κ3) is 4.03. The van der Waals surface area contributed by atoms with Gasteiger partial charge in [-0.15, -0.1) is 0 Å². The van der Waals surface area contributed by atoms with Crippen LogP contribution in [0.25, 0.3) is 0 Å². The van der Waals surface area contributed by atoms with Crippen molar-refractivity contribution in [3.63, 3.8) is 0 Å². The summed E-state index contributed by atoms with van der Waals surface area (Å²) in [4.78, 5) is 10.8. The number of ether oxygens (including phenoxy) is 1. The molecule has 0 saturated carbocycles. The third-order valence-corrected chi connectivity index (χ3v) is 2.40. The summed E-state index contributed by atoms with van der Waals surface area (Å²) in [5, 5.41) is 0. The molecule has 0 radical (unpaired) electrons. The van der Waals surface area contributed by atoms with Crippen molar-refractivity contribution in [3.05, 3.63) is 29.6 Å². The van der Waals surface area contributed by atoms with Crippen LogP contribution in [0.15, 0.2) is 18.2 Å². The molecule has 0 aliphatic carbocycles. The first-order valence-corrected chi connectivity index (χ1v) is 5.45. The molecule has 0 aliphatic rings. The Hall–Kier alpha value is -1.62. The van der Waals surface area contributed by atoms with Crippen LogP contribution >= 0.6 is 0 Å². The fraction of sp³-hybridized carbons (Fsp3) is 0.417. The molecular formula is C12H17FN2O2. The Morgan fingerprint density at radius 3 is 2.76 bits per heavy atom. The lowest BCUT2D eigenvalue weighted by molar-refractivity contribution is -0.122. The van der Waals surface area contributed by atoms with Crippen molar-refractivity contribution in [2.45, 2.75) is 13.3 Å². The number of primary amides is 1. The van der Waals surface area contributed by atoms with E-state index in [-0.39, 0.29) is 12.4 Å². The third-order valence-electron chi connectivity index (χ3n) is 2.40. The van der Waals surface area contributed by atoms with E-state index >= 15 is 0 Å². The summed E-state index contributed by atoms with van der Waals surface area (Å²) < 4.78 is 18.7. The molecule has 0 saturated heterocycles. The fourth-order valence-corrected chi connectivity index (χ4v) is 1.28. The first-order valence-electron chi connectivity index (χ1n) is 5.45. The van der Waals surface area contributed by atoms with Gasteiger partial charge in [0.2, 0.25) is 5.91 Å². The lowest BCUT2D eigenvalue weighted by Gasteiger charge is -2.11. The van der Waals surface area contributed by atoms with E-state index in [1.54, 1.807) is 13.0 Å². The number of hydrogen-bond acceptors (Lipinski definition) is 3. The van der Waals surface area contributed by atoms with E-state index in [0.717, 1.165) is 5.56 Å². The zero-order chi connectivity index (χ0) is 12.8. The summed E-state index contributed by atoms with van der Waals surface area (Å²) in [6, 6.07) is 4.67. The summed E-state index contributed by atoms with van der Waals surface area (Å²) in [5.74, 6) is -1.24. The standard InChI is InChI=1S/C12H17FN2O2/c1-8(12(15)16)7-17-11-3-2-9(4-5-14)6-10(11)13/h2-3,6,8H,4-5,7,14H2,1H3,(H2,15,16). The first-order chi connectivity index (χ1) is 8.04. The Bertz CT molecular complexity index is 396. The van der Waals surface area contributed by atoms with Crippen molar-refractivity contribution in [2.75, 3.05) is 13.2 Å². The highest BCUT2D eigenvalue weighted by Gasteiger charge is 2.11. The highest BCUT2D eigenvalue weighted by Crippen LogP contribution is 2.19. The molecule has 0 spiro atoms. The molecule has 94 valence electrons. The van der Waals surface area contributed by atoms with Crippen LogP contribution in [0, 0.1) is 11.7 Å². The number of halogens is 1. The predicted molar refractivity (Wildman–Crippen MR) is 63.0 cm³/mol. The van der Waals surface area contributed by atoms with Crippen molar-refractivity contribution in [1.82, 2.24) is 0 Å². The molecule has 0 aromatic heterocycles. The van der Waals surface area contributed by atoms with Crippen LogP contribution < -0.4 is 16.2 Å². The SMILES string of the molecule is CC(COc1ccc(CCN)cc1F)C(N)=O. The maximum atomic E-state index is 13.5. The zero-order valence-electron chi connectivity index (χ0n) is 9.78. The molecule has 4 N–H and O–H groups in total. The van der Waals surface area contributed by atoms with Crippen LogP contribution in [0.5, 0.6) is 5.75 Å². The maximum Gasteiger partial charge on any atom is 0.223 e. The van der Waals surface area contributed by atoms with Crippen LogP contribution in [0.2, 0.25) is 0 Å². The predicted octanol–water partition coefficient (Wildman–Crippen LogP) is 0.827. The van der Waals surface area contributed by atoms with Gasteiger partial charge in [0.25, 0.3) is 0 Å². The summed E-state index contributed by atoms with van der Waals surface area (Å²) >= 11 is 0. The molecule has 1 aromatic carbocycles. The summed E-state index contributed by atoms with van der Waals surface area (Å²) in [7, 11) is 0. The second-order valence-corrected chi connectivity index (χ2v) is 3.92. The van der Waals surface area contributed by atoms with Gasteiger partial charge in [0.15, 0.2) is 11.6 Å². The van der Waals surface area contributed by atoms with Gasteiger partial charge in [-0.1, -0.05) is 13.0 Å². The van der Waals surface area contributed by atoms with Gasteiger partial charge in [-0.2, -0.15) is 0 Å². The van der Waals surface area contributed by atoms with E-state index in [4.69, 9.17) is 16.2 Å². The second kappa shape index (κ2) is 6.20. The van der Waals surface area contributed by atoms with Crippen LogP contribution in [0.1, 0.15) is 12.5 Å². The normalized spacial score (nSPS) is 12.2. The Morgan fingerprint density at radius 1 is 1.53 bits per heavy atom. The lowest BCUT2D eigenvalue weighted by Crippen LogP contribution is -2.25. The molecule has 1 rings (SSSR count). The van der Waals surface area contributed by atoms with E-state index in [2.05, 4.69) is 0 Å². The van der Waals surface area contributed by atoms with E-state index in [9.17, 15) is 9.18 Å². The molecule has 1 amide bonds. The molecular weight excluding hydrogens is 223 g/mol. The molecule has 0 bridgehead atoms. The van der Waals surface area contributed by atoms with E-state index < -0.39 is 17.6 Å². The van der Waals surface area contributed by atoms with E-state index in [1.807, 2.05) is 0 Å². The molecule has 1 aromatic rings. The molecule has 1 unspecified atom stereocenters. The van der Waals surface area contributed by atoms with Gasteiger partial charge in [0.1, 0.15) is 0 Å². The van der Waals surface area contributed by atoms with Gasteiger partial charge < -0.3 is 16.2 Å². The number of carbonyl (C=O) groups excluding carboxylic acids is 1. The number of amides is 1. The maximum absolute atomic E-state index is 13.5. The smallest absolute Gasteiger partial charge is 0.223 e. The molecule has 0 fully saturated rings. The largest absolute Gasteiger partial charge is 0.490 e. The first kappa shape index (κ1) is 13.4. The lowest BCUT2D eigenvalue weighted by atomic mass is 10.1. The number of nitrogens with two attached hydrogens (primary N) is 2. The number of carbonyl (C=O) groups is 1. The van der Waals surface area contributed by atoms with Crippen LogP contribution in [-0.4, -0.2) is 19.1 Å². The Labute approximate surface area is 99.7 Å². The molecule has 4 nitrogen and oxygen atoms in total. The minimum atomic E-state index is -0.467. The summed E-state index contributed by atoms with van der Waals surface area (Å²) in [6.07, 6.45) is 0.620. The van der Waals surface area contributed by atoms with Gasteiger partial charge >= 0.3 is 0 Å². The van der Waals surface area contributed by atoms with Crippen LogP contribution in [0.4, 0.5) is 4.39 Å². The van der Waals surface area contributed by atoms with Crippen molar-refractivity contribution in [3.8, 4) is 5.75 Å². The van der Waals surface area contributed by atoms with Crippen molar-refractivity contribution < 1.29 is 13.9 Å². The van der Waals surface area contributed by atoms with Gasteiger partial charge in [-0.25, -0.2) is 4.39 Å². The molecule has 0 heterocycles. The quantitative estimate of drug-likeness (QED) is 0.773. The van der Waals surface area contributed by atoms with Gasteiger partial charge in [-0.05, 0) is 30.7 Å². The topological polar surface area (TPSA) is 78.3 Å². The summed E-state index contributed by atoms with van der Waals surface area (Å²) in [5.41, 5.74) is 11.3. The van der Waals surface area contributed by atoms with Gasteiger partial charge in [-0.3, -0.25) is 4.79 Å². The number of hydrogen-bond donors (Lipinski definition) is 2. The fourth-order valence-electron chi connectivity index (χ4n) is 1.28. The van der Waals surface area contributed by atoms with E-state index in [1.165, 1.54) is 12.1 Å². The monoisotopic (exact) mass is 240 g/mol.